The molecule has 1 aliphatic rings. The first kappa shape index (κ1) is 19.4. The third-order valence-electron chi connectivity index (χ3n) is 4.93. The lowest BCUT2D eigenvalue weighted by Crippen LogP contribution is -2.38. The minimum Gasteiger partial charge on any atom is -0.269 e. The van der Waals surface area contributed by atoms with Gasteiger partial charge < -0.3 is 0 Å². The molecule has 0 saturated heterocycles. The van der Waals surface area contributed by atoms with E-state index in [1.807, 2.05) is 31.2 Å². The molecule has 1 unspecified atom stereocenters. The van der Waals surface area contributed by atoms with Gasteiger partial charge >= 0.3 is 0 Å². The molecule has 0 fully saturated rings. The van der Waals surface area contributed by atoms with Crippen LogP contribution in [0.25, 0.3) is 0 Å². The number of amides is 2. The number of allylic oxidation sites excluding steroid dienone is 1. The SMILES string of the molecule is C/C=C/C(CCCCCCCCCC)N1C(=O)c2ccccc2C1=O. The first-order chi connectivity index (χ1) is 12.2. The molecule has 1 aliphatic heterocycles. The molecule has 3 nitrogen and oxygen atoms in total. The topological polar surface area (TPSA) is 37.4 Å². The zero-order valence-corrected chi connectivity index (χ0v) is 15.7. The third kappa shape index (κ3) is 5.04. The zero-order chi connectivity index (χ0) is 18.1. The zero-order valence-electron chi connectivity index (χ0n) is 15.7. The molecule has 2 rings (SSSR count). The van der Waals surface area contributed by atoms with Gasteiger partial charge in [-0.05, 0) is 25.5 Å². The van der Waals surface area contributed by atoms with Gasteiger partial charge in [-0.25, -0.2) is 0 Å². The largest absolute Gasteiger partial charge is 0.269 e. The molecule has 0 aromatic heterocycles. The number of carbonyl (C=O) groups excluding carboxylic acids is 2. The minimum atomic E-state index is -0.150. The van der Waals surface area contributed by atoms with Crippen molar-refractivity contribution in [3.05, 3.63) is 47.5 Å². The number of nitrogens with zero attached hydrogens (tertiary/aromatic N) is 1. The maximum atomic E-state index is 12.6. The fourth-order valence-electron chi connectivity index (χ4n) is 3.53. The standard InChI is InChI=1S/C22H31NO2/c1-3-5-6-7-8-9-10-11-15-18(14-4-2)23-21(24)19-16-12-13-17-20(19)22(23)25/h4,12-14,16-18H,3,5-11,15H2,1-2H3/b14-4+. The quantitative estimate of drug-likeness (QED) is 0.291. The van der Waals surface area contributed by atoms with Gasteiger partial charge in [0.2, 0.25) is 0 Å². The van der Waals surface area contributed by atoms with Crippen LogP contribution in [0.5, 0.6) is 0 Å². The predicted octanol–water partition coefficient (Wildman–Crippen LogP) is 5.76. The van der Waals surface area contributed by atoms with E-state index in [9.17, 15) is 9.59 Å². The Balaban J connectivity index is 1.85. The molecule has 0 bridgehead atoms. The Kier molecular flexibility index (Phi) is 7.90. The van der Waals surface area contributed by atoms with E-state index >= 15 is 0 Å². The highest BCUT2D eigenvalue weighted by atomic mass is 16.2. The number of hydrogen-bond donors (Lipinski definition) is 0. The average molecular weight is 341 g/mol. The Labute approximate surface area is 152 Å². The molecular formula is C22H31NO2. The molecule has 0 aliphatic carbocycles. The second kappa shape index (κ2) is 10.2. The highest BCUT2D eigenvalue weighted by Crippen LogP contribution is 2.27. The minimum absolute atomic E-state index is 0.127. The van der Waals surface area contributed by atoms with Crippen LogP contribution < -0.4 is 0 Å². The van der Waals surface area contributed by atoms with E-state index in [4.69, 9.17) is 0 Å². The Hall–Kier alpha value is -1.90. The highest BCUT2D eigenvalue weighted by molar-refractivity contribution is 6.21. The van der Waals surface area contributed by atoms with Crippen molar-refractivity contribution in [3.8, 4) is 0 Å². The van der Waals surface area contributed by atoms with Crippen molar-refractivity contribution in [2.24, 2.45) is 0 Å². The number of rotatable bonds is 11. The molecule has 0 spiro atoms. The molecular weight excluding hydrogens is 310 g/mol. The van der Waals surface area contributed by atoms with Gasteiger partial charge in [-0.1, -0.05) is 82.6 Å². The van der Waals surface area contributed by atoms with E-state index in [1.54, 1.807) is 12.1 Å². The van der Waals surface area contributed by atoms with E-state index in [0.717, 1.165) is 12.8 Å². The van der Waals surface area contributed by atoms with Crippen LogP contribution in [0.3, 0.4) is 0 Å². The van der Waals surface area contributed by atoms with Gasteiger partial charge in [0.1, 0.15) is 0 Å². The van der Waals surface area contributed by atoms with E-state index < -0.39 is 0 Å². The summed E-state index contributed by atoms with van der Waals surface area (Å²) in [5.74, 6) is -0.300. The van der Waals surface area contributed by atoms with Crippen molar-refractivity contribution in [1.82, 2.24) is 4.90 Å². The number of imide groups is 1. The Morgan fingerprint density at radius 3 is 1.92 bits per heavy atom. The van der Waals surface area contributed by atoms with E-state index in [2.05, 4.69) is 6.92 Å². The third-order valence-corrected chi connectivity index (χ3v) is 4.93. The molecule has 25 heavy (non-hydrogen) atoms. The molecule has 1 atom stereocenters. The van der Waals surface area contributed by atoms with Gasteiger partial charge in [0.05, 0.1) is 17.2 Å². The molecule has 2 amide bonds. The van der Waals surface area contributed by atoms with Gasteiger partial charge in [-0.3, -0.25) is 14.5 Å². The number of benzene rings is 1. The summed E-state index contributed by atoms with van der Waals surface area (Å²) in [6, 6.07) is 7.00. The van der Waals surface area contributed by atoms with Crippen molar-refractivity contribution in [3.63, 3.8) is 0 Å². The fraction of sp³-hybridized carbons (Fsp3) is 0.545. The van der Waals surface area contributed by atoms with Crippen LogP contribution in [0.2, 0.25) is 0 Å². The van der Waals surface area contributed by atoms with Crippen molar-refractivity contribution in [2.45, 2.75) is 77.7 Å². The summed E-state index contributed by atoms with van der Waals surface area (Å²) in [4.78, 5) is 26.7. The van der Waals surface area contributed by atoms with Gasteiger partial charge in [0.15, 0.2) is 0 Å². The second-order valence-electron chi connectivity index (χ2n) is 6.88. The summed E-state index contributed by atoms with van der Waals surface area (Å²) < 4.78 is 0. The van der Waals surface area contributed by atoms with Crippen molar-refractivity contribution in [1.29, 1.82) is 0 Å². The molecule has 136 valence electrons. The predicted molar refractivity (Wildman–Crippen MR) is 103 cm³/mol. The second-order valence-corrected chi connectivity index (χ2v) is 6.88. The van der Waals surface area contributed by atoms with Crippen LogP contribution in [0, 0.1) is 0 Å². The molecule has 0 radical (unpaired) electrons. The van der Waals surface area contributed by atoms with Gasteiger partial charge in [-0.15, -0.1) is 0 Å². The van der Waals surface area contributed by atoms with Crippen LogP contribution >= 0.6 is 0 Å². The summed E-state index contributed by atoms with van der Waals surface area (Å²) in [6.07, 6.45) is 14.8. The maximum absolute atomic E-state index is 12.6. The van der Waals surface area contributed by atoms with Crippen LogP contribution in [-0.2, 0) is 0 Å². The smallest absolute Gasteiger partial charge is 0.262 e. The monoisotopic (exact) mass is 341 g/mol. The van der Waals surface area contributed by atoms with E-state index in [-0.39, 0.29) is 17.9 Å². The van der Waals surface area contributed by atoms with Crippen LogP contribution in [0.4, 0.5) is 0 Å². The fourth-order valence-corrected chi connectivity index (χ4v) is 3.53. The number of carbonyl (C=O) groups is 2. The summed E-state index contributed by atoms with van der Waals surface area (Å²) in [7, 11) is 0. The van der Waals surface area contributed by atoms with Crippen LogP contribution in [0.15, 0.2) is 36.4 Å². The Bertz CT molecular complexity index is 571. The van der Waals surface area contributed by atoms with Crippen molar-refractivity contribution >= 4 is 11.8 Å². The van der Waals surface area contributed by atoms with Crippen molar-refractivity contribution in [2.75, 3.05) is 0 Å². The summed E-state index contributed by atoms with van der Waals surface area (Å²) in [5.41, 5.74) is 1.08. The Morgan fingerprint density at radius 1 is 0.880 bits per heavy atom. The molecule has 1 heterocycles. The molecule has 1 aromatic carbocycles. The highest BCUT2D eigenvalue weighted by Gasteiger charge is 2.38. The van der Waals surface area contributed by atoms with Gasteiger partial charge in [0, 0.05) is 0 Å². The van der Waals surface area contributed by atoms with Gasteiger partial charge in [0.25, 0.3) is 11.8 Å². The first-order valence-corrected chi connectivity index (χ1v) is 9.80. The molecule has 1 aromatic rings. The summed E-state index contributed by atoms with van der Waals surface area (Å²) in [5, 5.41) is 0. The number of hydrogen-bond acceptors (Lipinski definition) is 2. The molecule has 0 N–H and O–H groups in total. The summed E-state index contributed by atoms with van der Waals surface area (Å²) in [6.45, 7) is 4.18. The summed E-state index contributed by atoms with van der Waals surface area (Å²) >= 11 is 0. The molecule has 3 heteroatoms. The van der Waals surface area contributed by atoms with Crippen molar-refractivity contribution < 1.29 is 9.59 Å². The van der Waals surface area contributed by atoms with Crippen LogP contribution in [-0.4, -0.2) is 22.8 Å². The lowest BCUT2D eigenvalue weighted by Gasteiger charge is -2.23. The normalized spacial score (nSPS) is 15.2. The van der Waals surface area contributed by atoms with E-state index in [1.165, 1.54) is 49.8 Å². The van der Waals surface area contributed by atoms with Gasteiger partial charge in [-0.2, -0.15) is 0 Å². The Morgan fingerprint density at radius 2 is 1.40 bits per heavy atom. The lowest BCUT2D eigenvalue weighted by atomic mass is 10.0. The lowest BCUT2D eigenvalue weighted by molar-refractivity contribution is 0.0607. The van der Waals surface area contributed by atoms with E-state index in [0.29, 0.717) is 11.1 Å². The average Bonchev–Trinajstić information content (AvgIpc) is 2.88. The molecule has 0 saturated carbocycles. The first-order valence-electron chi connectivity index (χ1n) is 9.80. The number of fused-ring (bicyclic) bond motifs is 1. The number of unbranched alkanes of at least 4 members (excludes halogenated alkanes) is 7. The maximum Gasteiger partial charge on any atom is 0.262 e. The van der Waals surface area contributed by atoms with Crippen LogP contribution in [0.1, 0.15) is 92.4 Å².